The summed E-state index contributed by atoms with van der Waals surface area (Å²) in [4.78, 5) is 13.9. The van der Waals surface area contributed by atoms with E-state index >= 15 is 0 Å². The van der Waals surface area contributed by atoms with Gasteiger partial charge in [0.2, 0.25) is 0 Å². The summed E-state index contributed by atoms with van der Waals surface area (Å²) in [6.07, 6.45) is 6.08. The topological polar surface area (TPSA) is 118 Å². The van der Waals surface area contributed by atoms with Gasteiger partial charge in [0, 0.05) is 17.9 Å². The molecule has 3 rings (SSSR count). The van der Waals surface area contributed by atoms with E-state index in [1.54, 1.807) is 12.2 Å². The van der Waals surface area contributed by atoms with Crippen molar-refractivity contribution >= 4 is 5.78 Å². The van der Waals surface area contributed by atoms with Crippen molar-refractivity contribution in [2.75, 3.05) is 6.61 Å². The number of rotatable bonds is 9. The number of aliphatic hydroxyl groups is 5. The maximum atomic E-state index is 13.9. The molecule has 0 aromatic rings. The first-order valence-electron chi connectivity index (χ1n) is 13.5. The third kappa shape index (κ3) is 4.94. The molecule has 200 valence electrons. The summed E-state index contributed by atoms with van der Waals surface area (Å²) in [5, 5.41) is 53.9. The van der Waals surface area contributed by atoms with Crippen molar-refractivity contribution in [3.63, 3.8) is 0 Å². The predicted molar refractivity (Wildman–Crippen MR) is 136 cm³/mol. The molecule has 0 amide bonds. The molecule has 0 heterocycles. The van der Waals surface area contributed by atoms with Gasteiger partial charge in [-0.2, -0.15) is 0 Å². The van der Waals surface area contributed by atoms with Gasteiger partial charge in [-0.05, 0) is 93.1 Å². The number of allylic oxidation sites excluding steroid dienone is 1. The Morgan fingerprint density at radius 1 is 1.17 bits per heavy atom. The van der Waals surface area contributed by atoms with E-state index in [0.717, 1.165) is 0 Å². The fourth-order valence-corrected chi connectivity index (χ4v) is 7.71. The van der Waals surface area contributed by atoms with Crippen LogP contribution in [0.25, 0.3) is 0 Å². The van der Waals surface area contributed by atoms with Crippen molar-refractivity contribution in [2.24, 2.45) is 34.5 Å². The van der Waals surface area contributed by atoms with Gasteiger partial charge < -0.3 is 25.5 Å². The summed E-state index contributed by atoms with van der Waals surface area (Å²) in [6, 6.07) is 0. The summed E-state index contributed by atoms with van der Waals surface area (Å²) in [6.45, 7) is 13.4. The third-order valence-corrected chi connectivity index (χ3v) is 10.4. The molecule has 3 aliphatic carbocycles. The second-order valence-corrected chi connectivity index (χ2v) is 12.8. The van der Waals surface area contributed by atoms with E-state index in [9.17, 15) is 30.3 Å². The van der Waals surface area contributed by atoms with Gasteiger partial charge in [-0.1, -0.05) is 33.8 Å². The van der Waals surface area contributed by atoms with E-state index in [4.69, 9.17) is 0 Å². The number of aliphatic hydroxyl groups excluding tert-OH is 3. The van der Waals surface area contributed by atoms with Gasteiger partial charge in [0.05, 0.1) is 23.4 Å². The highest BCUT2D eigenvalue weighted by atomic mass is 16.3. The van der Waals surface area contributed by atoms with E-state index < -0.39 is 34.2 Å². The molecule has 0 aromatic heterocycles. The monoisotopic (exact) mass is 492 g/mol. The maximum absolute atomic E-state index is 13.9. The molecule has 0 aliphatic heterocycles. The second-order valence-electron chi connectivity index (χ2n) is 12.8. The smallest absolute Gasteiger partial charge is 0.165 e. The Kier molecular flexibility index (Phi) is 8.16. The minimum absolute atomic E-state index is 0.0369. The molecule has 2 saturated carbocycles. The highest BCUT2D eigenvalue weighted by Crippen LogP contribution is 2.60. The van der Waals surface area contributed by atoms with Crippen LogP contribution in [0.5, 0.6) is 0 Å². The standard InChI is InChI=1S/C29H48O6/c1-7-29(35,18(2)3)13-12-28(6,34)24-9-8-21(26(24,4)14-15-30)20-17-23(32)22-16-19(31)10-11-27(22,5)25(20)33/h7,17-19,21-24,30-32,34-35H,1,8-16H2,2-6H3/t19-,21-,22+,23-,24-,26-,27-,28-,29?/m0/s1. The Morgan fingerprint density at radius 2 is 1.83 bits per heavy atom. The molecular weight excluding hydrogens is 444 g/mol. The Balaban J connectivity index is 1.92. The van der Waals surface area contributed by atoms with Crippen molar-refractivity contribution in [2.45, 2.75) is 109 Å². The Labute approximate surface area is 211 Å². The zero-order valence-corrected chi connectivity index (χ0v) is 22.3. The third-order valence-electron chi connectivity index (χ3n) is 10.4. The molecule has 0 aromatic carbocycles. The molecule has 9 atom stereocenters. The lowest BCUT2D eigenvalue weighted by molar-refractivity contribution is -0.139. The van der Waals surface area contributed by atoms with Gasteiger partial charge in [0.15, 0.2) is 5.78 Å². The number of fused-ring (bicyclic) bond motifs is 1. The molecule has 0 spiro atoms. The van der Waals surface area contributed by atoms with Crippen molar-refractivity contribution < 1.29 is 30.3 Å². The molecule has 0 saturated heterocycles. The van der Waals surface area contributed by atoms with Crippen molar-refractivity contribution in [3.8, 4) is 0 Å². The van der Waals surface area contributed by atoms with Gasteiger partial charge >= 0.3 is 0 Å². The summed E-state index contributed by atoms with van der Waals surface area (Å²) < 4.78 is 0. The van der Waals surface area contributed by atoms with Crippen LogP contribution in [0.1, 0.15) is 86.0 Å². The zero-order chi connectivity index (χ0) is 26.4. The lowest BCUT2D eigenvalue weighted by Gasteiger charge is -2.50. The molecule has 0 radical (unpaired) electrons. The second kappa shape index (κ2) is 10.0. The first-order chi connectivity index (χ1) is 16.2. The van der Waals surface area contributed by atoms with Crippen LogP contribution >= 0.6 is 0 Å². The van der Waals surface area contributed by atoms with Crippen molar-refractivity contribution in [1.29, 1.82) is 0 Å². The fraction of sp³-hybridized carbons (Fsp3) is 0.828. The molecule has 6 nitrogen and oxygen atoms in total. The average Bonchev–Trinajstić information content (AvgIpc) is 3.13. The van der Waals surface area contributed by atoms with Crippen LogP contribution in [0.2, 0.25) is 0 Å². The first kappa shape index (κ1) is 28.5. The summed E-state index contributed by atoms with van der Waals surface area (Å²) in [7, 11) is 0. The van der Waals surface area contributed by atoms with Gasteiger partial charge in [0.25, 0.3) is 0 Å². The zero-order valence-electron chi connectivity index (χ0n) is 22.3. The Hall–Kier alpha value is -1.05. The van der Waals surface area contributed by atoms with Gasteiger partial charge in [-0.25, -0.2) is 0 Å². The van der Waals surface area contributed by atoms with Gasteiger partial charge in [0.1, 0.15) is 0 Å². The number of hydrogen-bond donors (Lipinski definition) is 5. The van der Waals surface area contributed by atoms with Crippen molar-refractivity contribution in [3.05, 3.63) is 24.3 Å². The van der Waals surface area contributed by atoms with Crippen LogP contribution in [-0.2, 0) is 4.79 Å². The Morgan fingerprint density at radius 3 is 2.40 bits per heavy atom. The fourth-order valence-electron chi connectivity index (χ4n) is 7.71. The molecular formula is C29H48O6. The first-order valence-corrected chi connectivity index (χ1v) is 13.5. The van der Waals surface area contributed by atoms with Crippen LogP contribution in [0.3, 0.4) is 0 Å². The molecule has 5 N–H and O–H groups in total. The number of carbonyl (C=O) groups excluding carboxylic acids is 1. The van der Waals surface area contributed by atoms with E-state index in [-0.39, 0.29) is 36.1 Å². The minimum Gasteiger partial charge on any atom is -0.396 e. The molecule has 35 heavy (non-hydrogen) atoms. The molecule has 1 unspecified atom stereocenters. The highest BCUT2D eigenvalue weighted by molar-refractivity contribution is 6.01. The van der Waals surface area contributed by atoms with Crippen LogP contribution in [0.15, 0.2) is 24.3 Å². The number of carbonyl (C=O) groups is 1. The van der Waals surface area contributed by atoms with Crippen LogP contribution in [0.4, 0.5) is 0 Å². The quantitative estimate of drug-likeness (QED) is 0.314. The van der Waals surface area contributed by atoms with E-state index in [1.807, 2.05) is 27.7 Å². The van der Waals surface area contributed by atoms with Crippen LogP contribution in [0, 0.1) is 34.5 Å². The van der Waals surface area contributed by atoms with Gasteiger partial charge in [-0.3, -0.25) is 4.79 Å². The van der Waals surface area contributed by atoms with Crippen molar-refractivity contribution in [1.82, 2.24) is 0 Å². The summed E-state index contributed by atoms with van der Waals surface area (Å²) in [5.41, 5.74) is -2.80. The van der Waals surface area contributed by atoms with Crippen LogP contribution in [-0.4, -0.2) is 61.3 Å². The van der Waals surface area contributed by atoms with E-state index in [0.29, 0.717) is 56.9 Å². The molecule has 3 aliphatic rings. The number of hydrogen-bond acceptors (Lipinski definition) is 6. The highest BCUT2D eigenvalue weighted by Gasteiger charge is 2.58. The lowest BCUT2D eigenvalue weighted by atomic mass is 9.55. The number of Topliss-reactive ketones (excluding diaryl/α,β-unsaturated/α-hetero) is 1. The summed E-state index contributed by atoms with van der Waals surface area (Å²) >= 11 is 0. The summed E-state index contributed by atoms with van der Waals surface area (Å²) in [5.74, 6) is -0.640. The predicted octanol–water partition coefficient (Wildman–Crippen LogP) is 3.54. The number of ketones is 1. The molecule has 6 heteroatoms. The largest absolute Gasteiger partial charge is 0.396 e. The van der Waals surface area contributed by atoms with E-state index in [1.165, 1.54) is 0 Å². The minimum atomic E-state index is -1.11. The maximum Gasteiger partial charge on any atom is 0.165 e. The normalized spacial score (nSPS) is 41.2. The SMILES string of the molecule is C=CC(O)(CC[C@](C)(O)[C@H]1CC[C@@H](C2=C[C@H](O)[C@H]3C[C@@H](O)CC[C@]3(C)C2=O)[C@]1(C)CCO)C(C)C. The van der Waals surface area contributed by atoms with Gasteiger partial charge in [-0.15, -0.1) is 6.58 Å². The Bertz CT molecular complexity index is 833. The molecule has 2 fully saturated rings. The van der Waals surface area contributed by atoms with Crippen LogP contribution < -0.4 is 0 Å². The molecule has 0 bridgehead atoms. The van der Waals surface area contributed by atoms with E-state index in [2.05, 4.69) is 13.5 Å². The average molecular weight is 493 g/mol. The lowest BCUT2D eigenvalue weighted by Crippen LogP contribution is -2.52.